The van der Waals surface area contributed by atoms with Gasteiger partial charge in [0.1, 0.15) is 0 Å². The van der Waals surface area contributed by atoms with E-state index in [1.165, 1.54) is 7.11 Å². The summed E-state index contributed by atoms with van der Waals surface area (Å²) in [5.41, 5.74) is 1.30. The maximum Gasteiger partial charge on any atom is 1.00 e. The Bertz CT molecular complexity index is 647. The van der Waals surface area contributed by atoms with Gasteiger partial charge in [0.15, 0.2) is 5.75 Å². The molecule has 0 amide bonds. The van der Waals surface area contributed by atoms with Gasteiger partial charge in [-0.25, -0.2) is 0 Å². The van der Waals surface area contributed by atoms with Crippen LogP contribution in [0.4, 0.5) is 0 Å². The molecule has 0 aromatic heterocycles. The van der Waals surface area contributed by atoms with E-state index < -0.39 is 19.7 Å². The molecule has 1 saturated carbocycles. The first kappa shape index (κ1) is 22.6. The molecule has 0 radical (unpaired) electrons. The molecule has 25 heavy (non-hydrogen) atoms. The van der Waals surface area contributed by atoms with Gasteiger partial charge in [0.05, 0.1) is 13.0 Å². The smallest absolute Gasteiger partial charge is 0.754 e. The van der Waals surface area contributed by atoms with Gasteiger partial charge in [-0.2, -0.15) is 0 Å². The second-order valence-electron chi connectivity index (χ2n) is 5.92. The average molecular weight is 380 g/mol. The van der Waals surface area contributed by atoms with Gasteiger partial charge >= 0.3 is 43.3 Å². The third kappa shape index (κ3) is 5.79. The van der Waals surface area contributed by atoms with Crippen molar-refractivity contribution in [1.82, 2.24) is 0 Å². The molecule has 1 aromatic carbocycles. The van der Waals surface area contributed by atoms with Crippen LogP contribution in [0.15, 0.2) is 18.2 Å². The Kier molecular flexibility index (Phi) is 8.61. The minimum atomic E-state index is -4.57. The van der Waals surface area contributed by atoms with Crippen LogP contribution >= 0.6 is 7.82 Å². The van der Waals surface area contributed by atoms with E-state index in [-0.39, 0.29) is 41.2 Å². The molecule has 7 nitrogen and oxygen atoms in total. The van der Waals surface area contributed by atoms with Gasteiger partial charge in [0.2, 0.25) is 0 Å². The molecule has 1 aromatic rings. The van der Waals surface area contributed by atoms with Crippen molar-refractivity contribution in [3.63, 3.8) is 0 Å². The largest absolute Gasteiger partial charge is 1.00 e. The van der Waals surface area contributed by atoms with Crippen molar-refractivity contribution >= 4 is 13.8 Å². The summed E-state index contributed by atoms with van der Waals surface area (Å²) in [6, 6.07) is 5.34. The first-order valence-electron chi connectivity index (χ1n) is 7.74. The molecule has 134 valence electrons. The summed E-state index contributed by atoms with van der Waals surface area (Å²) in [4.78, 5) is 28.5. The number of phosphoric ester groups is 1. The van der Waals surface area contributed by atoms with Crippen LogP contribution in [0.3, 0.4) is 0 Å². The normalized spacial score (nSPS) is 18.4. The van der Waals surface area contributed by atoms with Crippen molar-refractivity contribution in [3.8, 4) is 5.75 Å². The Hall–Kier alpha value is -0.400. The first-order valence-corrected chi connectivity index (χ1v) is 9.20. The molecular formula is C16H22NaO7P. The van der Waals surface area contributed by atoms with Crippen molar-refractivity contribution in [2.24, 2.45) is 5.92 Å². The van der Waals surface area contributed by atoms with Crippen molar-refractivity contribution in [1.29, 1.82) is 0 Å². The molecule has 3 unspecified atom stereocenters. The molecule has 0 aliphatic heterocycles. The SMILES string of the molecule is COC(=O)C(C)c1cccc(C(C)C2CC2)c1OOP(=O)([O-])OC.[Na+]. The summed E-state index contributed by atoms with van der Waals surface area (Å²) < 4.78 is 24.9. The first-order chi connectivity index (χ1) is 11.3. The molecule has 1 fully saturated rings. The van der Waals surface area contributed by atoms with E-state index in [1.807, 2.05) is 19.1 Å². The molecule has 1 aliphatic carbocycles. The second kappa shape index (κ2) is 9.51. The van der Waals surface area contributed by atoms with Gasteiger partial charge in [0, 0.05) is 18.2 Å². The van der Waals surface area contributed by atoms with E-state index in [0.717, 1.165) is 25.5 Å². The molecule has 2 rings (SSSR count). The summed E-state index contributed by atoms with van der Waals surface area (Å²) in [6.07, 6.45) is 2.22. The molecule has 9 heteroatoms. The number of carbonyl (C=O) groups excluding carboxylic acids is 1. The Labute approximate surface area is 169 Å². The predicted molar refractivity (Wildman–Crippen MR) is 84.3 cm³/mol. The quantitative estimate of drug-likeness (QED) is 0.204. The van der Waals surface area contributed by atoms with E-state index in [1.54, 1.807) is 13.0 Å². The van der Waals surface area contributed by atoms with E-state index in [0.29, 0.717) is 11.5 Å². The van der Waals surface area contributed by atoms with Crippen molar-refractivity contribution < 1.29 is 62.6 Å². The predicted octanol–water partition coefficient (Wildman–Crippen LogP) is -0.0942. The molecule has 3 atom stereocenters. The van der Waals surface area contributed by atoms with E-state index in [4.69, 9.17) is 9.62 Å². The van der Waals surface area contributed by atoms with Gasteiger partial charge in [-0.1, -0.05) is 25.1 Å². The van der Waals surface area contributed by atoms with Gasteiger partial charge in [-0.05, 0) is 31.6 Å². The van der Waals surface area contributed by atoms with E-state index >= 15 is 0 Å². The number of esters is 1. The summed E-state index contributed by atoms with van der Waals surface area (Å²) in [5, 5.41) is 0. The number of para-hydroxylation sites is 1. The van der Waals surface area contributed by atoms with Gasteiger partial charge in [-0.15, -0.1) is 4.67 Å². The fraction of sp³-hybridized carbons (Fsp3) is 0.562. The topological polar surface area (TPSA) is 94.1 Å². The Morgan fingerprint density at radius 2 is 1.84 bits per heavy atom. The third-order valence-corrected chi connectivity index (χ3v) is 5.06. The van der Waals surface area contributed by atoms with Crippen LogP contribution in [0, 0.1) is 5.92 Å². The van der Waals surface area contributed by atoms with Gasteiger partial charge < -0.3 is 19.0 Å². The molecule has 1 aliphatic rings. The second-order valence-corrected chi connectivity index (χ2v) is 7.33. The molecule has 0 saturated heterocycles. The van der Waals surface area contributed by atoms with E-state index in [9.17, 15) is 14.3 Å². The van der Waals surface area contributed by atoms with Crippen molar-refractivity contribution in [3.05, 3.63) is 29.3 Å². The maximum absolute atomic E-state index is 11.9. The zero-order valence-corrected chi connectivity index (χ0v) is 18.1. The standard InChI is InChI=1S/C16H23O7P.Na/c1-10(12-8-9-12)13-6-5-7-14(11(2)16(17)20-3)15(13)22-23-24(18,19)21-4;/h5-7,10-12H,8-9H2,1-4H3,(H,18,19);/q;+1/p-1. The molecule has 0 spiro atoms. The number of hydrogen-bond acceptors (Lipinski definition) is 7. The fourth-order valence-corrected chi connectivity index (χ4v) is 2.86. The number of benzene rings is 1. The number of hydrogen-bond donors (Lipinski definition) is 0. The van der Waals surface area contributed by atoms with Gasteiger partial charge in [0.25, 0.3) is 0 Å². The maximum atomic E-state index is 11.9. The Morgan fingerprint density at radius 3 is 2.36 bits per heavy atom. The number of methoxy groups -OCH3 is 1. The Morgan fingerprint density at radius 1 is 1.24 bits per heavy atom. The number of rotatable bonds is 8. The molecular weight excluding hydrogens is 358 g/mol. The minimum Gasteiger partial charge on any atom is -0.754 e. The minimum absolute atomic E-state index is 0. The number of carbonyl (C=O) groups is 1. The van der Waals surface area contributed by atoms with Crippen LogP contribution in [0.2, 0.25) is 0 Å². The van der Waals surface area contributed by atoms with Crippen LogP contribution in [0.1, 0.15) is 49.7 Å². The fourth-order valence-electron chi connectivity index (χ4n) is 2.64. The van der Waals surface area contributed by atoms with Crippen molar-refractivity contribution in [2.75, 3.05) is 14.2 Å². The van der Waals surface area contributed by atoms with Crippen LogP contribution in [-0.2, 0) is 23.3 Å². The third-order valence-electron chi connectivity index (χ3n) is 4.35. The molecule has 0 bridgehead atoms. The zero-order chi connectivity index (χ0) is 17.9. The number of phosphoric acid groups is 1. The van der Waals surface area contributed by atoms with Crippen LogP contribution in [-0.4, -0.2) is 20.2 Å². The van der Waals surface area contributed by atoms with Crippen LogP contribution in [0.25, 0.3) is 0 Å². The van der Waals surface area contributed by atoms with Crippen LogP contribution in [0.5, 0.6) is 5.75 Å². The average Bonchev–Trinajstić information content (AvgIpc) is 3.42. The van der Waals surface area contributed by atoms with Gasteiger partial charge in [-0.3, -0.25) is 9.36 Å². The zero-order valence-electron chi connectivity index (χ0n) is 15.2. The summed E-state index contributed by atoms with van der Waals surface area (Å²) in [5.74, 6) is -0.191. The monoisotopic (exact) mass is 380 g/mol. The summed E-state index contributed by atoms with van der Waals surface area (Å²) >= 11 is 0. The summed E-state index contributed by atoms with van der Waals surface area (Å²) in [7, 11) is -2.29. The summed E-state index contributed by atoms with van der Waals surface area (Å²) in [6.45, 7) is 3.70. The molecule has 0 N–H and O–H groups in total. The Balaban J connectivity index is 0.00000312. The van der Waals surface area contributed by atoms with Crippen molar-refractivity contribution in [2.45, 2.75) is 38.5 Å². The molecule has 0 heterocycles. The van der Waals surface area contributed by atoms with E-state index in [2.05, 4.69) is 9.20 Å². The van der Waals surface area contributed by atoms with Crippen LogP contribution < -0.4 is 39.3 Å². The number of ether oxygens (including phenoxy) is 1.